The smallest absolute Gasteiger partial charge is 0.326 e. The summed E-state index contributed by atoms with van der Waals surface area (Å²) in [6.07, 6.45) is 1.51. The maximum Gasteiger partial charge on any atom is 0.326 e. The number of hydrogen-bond acceptors (Lipinski definition) is 4. The lowest BCUT2D eigenvalue weighted by Gasteiger charge is -2.29. The first kappa shape index (κ1) is 14.4. The van der Waals surface area contributed by atoms with Gasteiger partial charge in [0.25, 0.3) is 0 Å². The molecule has 0 aromatic carbocycles. The van der Waals surface area contributed by atoms with E-state index >= 15 is 0 Å². The van der Waals surface area contributed by atoms with Crippen LogP contribution in [0.2, 0.25) is 0 Å². The molecule has 3 unspecified atom stereocenters. The summed E-state index contributed by atoms with van der Waals surface area (Å²) in [5.74, 6) is -2.27. The first-order chi connectivity index (χ1) is 8.41. The van der Waals surface area contributed by atoms with E-state index in [1.54, 1.807) is 0 Å². The first-order valence-corrected chi connectivity index (χ1v) is 5.96. The van der Waals surface area contributed by atoms with Crippen LogP contribution in [0.25, 0.3) is 0 Å². The molecule has 0 spiro atoms. The van der Waals surface area contributed by atoms with Crippen LogP contribution in [-0.2, 0) is 14.4 Å². The number of primary amides is 1. The lowest BCUT2D eigenvalue weighted by molar-refractivity contribution is -0.143. The highest BCUT2D eigenvalue weighted by molar-refractivity contribution is 5.90. The number of carbonyl (C=O) groups is 3. The van der Waals surface area contributed by atoms with E-state index in [0.717, 1.165) is 19.4 Å². The van der Waals surface area contributed by atoms with Crippen LogP contribution in [0.15, 0.2) is 0 Å². The summed E-state index contributed by atoms with van der Waals surface area (Å²) in [4.78, 5) is 33.5. The minimum atomic E-state index is -1.26. The minimum Gasteiger partial charge on any atom is -0.480 e. The number of rotatable bonds is 5. The van der Waals surface area contributed by atoms with Gasteiger partial charge in [-0.2, -0.15) is 0 Å². The summed E-state index contributed by atoms with van der Waals surface area (Å²) in [6, 6.07) is -1.67. The van der Waals surface area contributed by atoms with Crippen LogP contribution in [0.4, 0.5) is 0 Å². The van der Waals surface area contributed by atoms with Crippen molar-refractivity contribution in [2.45, 2.75) is 38.3 Å². The lowest BCUT2D eigenvalue weighted by atomic mass is 9.92. The largest absolute Gasteiger partial charge is 0.480 e. The predicted molar refractivity (Wildman–Crippen MR) is 63.6 cm³/mol. The zero-order valence-electron chi connectivity index (χ0n) is 10.3. The van der Waals surface area contributed by atoms with Crippen molar-refractivity contribution in [2.24, 2.45) is 11.7 Å². The van der Waals surface area contributed by atoms with Gasteiger partial charge in [0, 0.05) is 0 Å². The van der Waals surface area contributed by atoms with Gasteiger partial charge in [0.1, 0.15) is 6.04 Å². The highest BCUT2D eigenvalue weighted by Crippen LogP contribution is 2.15. The molecule has 0 aromatic heterocycles. The van der Waals surface area contributed by atoms with Crippen LogP contribution in [-0.4, -0.2) is 41.5 Å². The molecule has 1 saturated heterocycles. The van der Waals surface area contributed by atoms with Crippen molar-refractivity contribution in [3.05, 3.63) is 0 Å². The van der Waals surface area contributed by atoms with Crippen molar-refractivity contribution >= 4 is 17.8 Å². The second kappa shape index (κ2) is 6.34. The number of nitrogens with one attached hydrogen (secondary N) is 2. The van der Waals surface area contributed by atoms with Gasteiger partial charge in [-0.3, -0.25) is 9.59 Å². The molecular weight excluding hydrogens is 238 g/mol. The quantitative estimate of drug-likeness (QED) is 0.494. The Hall–Kier alpha value is -1.63. The van der Waals surface area contributed by atoms with E-state index in [0.29, 0.717) is 0 Å². The van der Waals surface area contributed by atoms with E-state index in [1.165, 1.54) is 0 Å². The highest BCUT2D eigenvalue weighted by Gasteiger charge is 2.31. The number of carbonyl (C=O) groups excluding carboxylic acids is 2. The fourth-order valence-corrected chi connectivity index (χ4v) is 2.06. The molecule has 5 N–H and O–H groups in total. The number of amides is 2. The Balaban J connectivity index is 2.59. The van der Waals surface area contributed by atoms with Crippen LogP contribution in [0.3, 0.4) is 0 Å². The summed E-state index contributed by atoms with van der Waals surface area (Å²) in [5, 5.41) is 14.3. The van der Waals surface area contributed by atoms with E-state index in [-0.39, 0.29) is 5.92 Å². The van der Waals surface area contributed by atoms with Gasteiger partial charge in [-0.15, -0.1) is 0 Å². The van der Waals surface area contributed by atoms with Crippen molar-refractivity contribution in [1.29, 1.82) is 0 Å². The van der Waals surface area contributed by atoms with Crippen molar-refractivity contribution in [1.82, 2.24) is 10.6 Å². The summed E-state index contributed by atoms with van der Waals surface area (Å²) >= 11 is 0. The Morgan fingerprint density at radius 3 is 2.67 bits per heavy atom. The average molecular weight is 257 g/mol. The fourth-order valence-electron chi connectivity index (χ4n) is 2.06. The van der Waals surface area contributed by atoms with E-state index in [4.69, 9.17) is 10.8 Å². The molecule has 0 radical (unpaired) electrons. The maximum atomic E-state index is 11.9. The molecule has 1 rings (SSSR count). The molecule has 7 heteroatoms. The lowest BCUT2D eigenvalue weighted by Crippen LogP contribution is -2.55. The number of aliphatic carboxylic acids is 1. The van der Waals surface area contributed by atoms with E-state index in [1.807, 2.05) is 6.92 Å². The molecule has 102 valence electrons. The topological polar surface area (TPSA) is 122 Å². The Bertz CT molecular complexity index is 345. The van der Waals surface area contributed by atoms with Gasteiger partial charge in [-0.05, 0) is 25.3 Å². The zero-order chi connectivity index (χ0) is 13.7. The maximum absolute atomic E-state index is 11.9. The van der Waals surface area contributed by atoms with Crippen molar-refractivity contribution in [2.75, 3.05) is 6.54 Å². The summed E-state index contributed by atoms with van der Waals surface area (Å²) < 4.78 is 0. The van der Waals surface area contributed by atoms with E-state index in [9.17, 15) is 14.4 Å². The van der Waals surface area contributed by atoms with Gasteiger partial charge >= 0.3 is 5.97 Å². The molecule has 1 aliphatic rings. The van der Waals surface area contributed by atoms with Gasteiger partial charge in [0.15, 0.2) is 0 Å². The predicted octanol–water partition coefficient (Wildman–Crippen LogP) is -1.18. The number of carboxylic acid groups (broad SMARTS) is 1. The third kappa shape index (κ3) is 3.99. The highest BCUT2D eigenvalue weighted by atomic mass is 16.4. The first-order valence-electron chi connectivity index (χ1n) is 5.96. The molecule has 1 fully saturated rings. The third-order valence-electron chi connectivity index (χ3n) is 3.07. The minimum absolute atomic E-state index is 0.141. The Labute approximate surface area is 105 Å². The van der Waals surface area contributed by atoms with Crippen LogP contribution < -0.4 is 16.4 Å². The van der Waals surface area contributed by atoms with Gasteiger partial charge in [-0.25, -0.2) is 4.79 Å². The van der Waals surface area contributed by atoms with Gasteiger partial charge < -0.3 is 21.5 Å². The van der Waals surface area contributed by atoms with Gasteiger partial charge in [-0.1, -0.05) is 6.92 Å². The number of piperidine rings is 1. The second-order valence-electron chi connectivity index (χ2n) is 4.62. The molecule has 1 aliphatic heterocycles. The molecule has 2 amide bonds. The zero-order valence-corrected chi connectivity index (χ0v) is 10.3. The molecule has 0 aliphatic carbocycles. The van der Waals surface area contributed by atoms with Crippen LogP contribution >= 0.6 is 0 Å². The molecule has 0 bridgehead atoms. The van der Waals surface area contributed by atoms with Crippen LogP contribution in [0.5, 0.6) is 0 Å². The molecule has 0 aromatic rings. The van der Waals surface area contributed by atoms with Crippen LogP contribution in [0, 0.1) is 5.92 Å². The summed E-state index contributed by atoms with van der Waals surface area (Å²) in [5.41, 5.74) is 4.94. The molecule has 7 nitrogen and oxygen atoms in total. The average Bonchev–Trinajstić information content (AvgIpc) is 2.27. The van der Waals surface area contributed by atoms with Gasteiger partial charge in [0.2, 0.25) is 11.8 Å². The Morgan fingerprint density at radius 2 is 2.17 bits per heavy atom. The summed E-state index contributed by atoms with van der Waals surface area (Å²) in [6.45, 7) is 2.66. The van der Waals surface area contributed by atoms with Crippen molar-refractivity contribution in [3.63, 3.8) is 0 Å². The standard InChI is InChI=1S/C11H19N3O4/c1-6-3-2-4-13-9(6)10(16)14-7(11(17)18)5-8(12)15/h6-7,9,13H,2-5H2,1H3,(H2,12,15)(H,14,16)(H,17,18). The molecular formula is C11H19N3O4. The van der Waals surface area contributed by atoms with E-state index < -0.39 is 36.3 Å². The number of hydrogen-bond donors (Lipinski definition) is 4. The third-order valence-corrected chi connectivity index (χ3v) is 3.07. The fraction of sp³-hybridized carbons (Fsp3) is 0.727. The van der Waals surface area contributed by atoms with Gasteiger partial charge in [0.05, 0.1) is 12.5 Å². The second-order valence-corrected chi connectivity index (χ2v) is 4.62. The molecule has 0 saturated carbocycles. The normalized spacial score (nSPS) is 25.2. The van der Waals surface area contributed by atoms with Crippen molar-refractivity contribution in [3.8, 4) is 0 Å². The van der Waals surface area contributed by atoms with E-state index in [2.05, 4.69) is 10.6 Å². The Morgan fingerprint density at radius 1 is 1.50 bits per heavy atom. The molecule has 18 heavy (non-hydrogen) atoms. The monoisotopic (exact) mass is 257 g/mol. The SMILES string of the molecule is CC1CCCNC1C(=O)NC(CC(N)=O)C(=O)O. The Kier molecular flexibility index (Phi) is 5.08. The van der Waals surface area contributed by atoms with Crippen molar-refractivity contribution < 1.29 is 19.5 Å². The number of carboxylic acids is 1. The molecule has 1 heterocycles. The number of nitrogens with two attached hydrogens (primary N) is 1. The summed E-state index contributed by atoms with van der Waals surface area (Å²) in [7, 11) is 0. The van der Waals surface area contributed by atoms with Crippen LogP contribution in [0.1, 0.15) is 26.2 Å². The molecule has 3 atom stereocenters.